The second-order valence-electron chi connectivity index (χ2n) is 2.54. The van der Waals surface area contributed by atoms with Gasteiger partial charge in [-0.05, 0) is 13.2 Å². The molecule has 3 nitrogen and oxygen atoms in total. The van der Waals surface area contributed by atoms with Crippen LogP contribution in [0.1, 0.15) is 13.3 Å². The summed E-state index contributed by atoms with van der Waals surface area (Å²) in [5.74, 6) is 0. The predicted octanol–water partition coefficient (Wildman–Crippen LogP) is 2.71. The van der Waals surface area contributed by atoms with E-state index in [1.807, 2.05) is 26.3 Å². The van der Waals surface area contributed by atoms with Crippen molar-refractivity contribution in [1.29, 1.82) is 0 Å². The van der Waals surface area contributed by atoms with E-state index in [0.717, 1.165) is 12.1 Å². The first kappa shape index (κ1) is 10.2. The van der Waals surface area contributed by atoms with Gasteiger partial charge < -0.3 is 9.19 Å². The first-order valence-corrected chi connectivity index (χ1v) is 7.24. The minimum absolute atomic E-state index is 0.572. The van der Waals surface area contributed by atoms with E-state index in [1.54, 1.807) is 4.67 Å². The van der Waals surface area contributed by atoms with Gasteiger partial charge >= 0.3 is 6.72 Å². The van der Waals surface area contributed by atoms with Crippen LogP contribution in [0.25, 0.3) is 0 Å². The van der Waals surface area contributed by atoms with Crippen molar-refractivity contribution in [2.45, 2.75) is 13.3 Å². The molecule has 1 aliphatic rings. The summed E-state index contributed by atoms with van der Waals surface area (Å²) in [4.78, 5) is 0. The molecule has 0 aliphatic carbocycles. The van der Waals surface area contributed by atoms with Crippen LogP contribution in [0.15, 0.2) is 11.8 Å². The molecule has 0 radical (unpaired) electrons. The van der Waals surface area contributed by atoms with E-state index in [9.17, 15) is 4.57 Å². The van der Waals surface area contributed by atoms with Gasteiger partial charge in [0.2, 0.25) is 0 Å². The van der Waals surface area contributed by atoms with E-state index in [1.165, 1.54) is 11.4 Å². The van der Waals surface area contributed by atoms with E-state index in [2.05, 4.69) is 0 Å². The van der Waals surface area contributed by atoms with Crippen LogP contribution in [-0.2, 0) is 9.09 Å². The topological polar surface area (TPSA) is 29.5 Å². The summed E-state index contributed by atoms with van der Waals surface area (Å²) in [5.41, 5.74) is 1.11. The lowest BCUT2D eigenvalue weighted by Crippen LogP contribution is -2.21. The highest BCUT2D eigenvalue weighted by molar-refractivity contribution is 8.55. The Kier molecular flexibility index (Phi) is 3.27. The molecule has 1 heterocycles. The van der Waals surface area contributed by atoms with Crippen LogP contribution >= 0.6 is 18.1 Å². The molecule has 1 unspecified atom stereocenters. The summed E-state index contributed by atoms with van der Waals surface area (Å²) in [6.45, 7) is -0.0446. The Morgan fingerprint density at radius 1 is 1.75 bits per heavy atom. The Balaban J connectivity index is 2.87. The lowest BCUT2D eigenvalue weighted by molar-refractivity contribution is 0.264. The second-order valence-corrected chi connectivity index (χ2v) is 7.18. The minimum Gasteiger partial charge on any atom is -0.305 e. The van der Waals surface area contributed by atoms with Crippen LogP contribution in [0.4, 0.5) is 0 Å². The van der Waals surface area contributed by atoms with Gasteiger partial charge in [0.1, 0.15) is 0 Å². The molecule has 1 rings (SSSR count). The largest absolute Gasteiger partial charge is 0.352 e. The first-order valence-electron chi connectivity index (χ1n) is 3.84. The molecule has 0 aromatic heterocycles. The molecular weight excluding hydrogens is 193 g/mol. The standard InChI is InChI=1S/C7H14NO2PS/c1-4-7-5-6-10-11(9,12-3)8(7)2/h4H,5-6H2,1-3H3/b7-4-. The molecule has 0 bridgehead atoms. The Labute approximate surface area is 77.4 Å². The van der Waals surface area contributed by atoms with Crippen molar-refractivity contribution in [3.05, 3.63) is 11.8 Å². The van der Waals surface area contributed by atoms with Gasteiger partial charge in [-0.2, -0.15) is 0 Å². The smallest absolute Gasteiger partial charge is 0.305 e. The lowest BCUT2D eigenvalue weighted by atomic mass is 10.3. The number of allylic oxidation sites excluding steroid dienone is 1. The zero-order valence-corrected chi connectivity index (χ0v) is 9.32. The van der Waals surface area contributed by atoms with Crippen LogP contribution in [0.5, 0.6) is 0 Å². The highest BCUT2D eigenvalue weighted by Gasteiger charge is 2.33. The van der Waals surface area contributed by atoms with E-state index in [4.69, 9.17) is 4.52 Å². The Bertz CT molecular complexity index is 242. The van der Waals surface area contributed by atoms with Crippen LogP contribution in [-0.4, -0.2) is 24.6 Å². The van der Waals surface area contributed by atoms with E-state index in [-0.39, 0.29) is 0 Å². The zero-order valence-electron chi connectivity index (χ0n) is 7.61. The molecule has 1 fully saturated rings. The third kappa shape index (κ3) is 1.70. The molecule has 1 atom stereocenters. The summed E-state index contributed by atoms with van der Waals surface area (Å²) < 4.78 is 19.0. The van der Waals surface area contributed by atoms with Crippen molar-refractivity contribution in [3.8, 4) is 0 Å². The summed E-state index contributed by atoms with van der Waals surface area (Å²) in [7, 11) is 1.83. The Morgan fingerprint density at radius 2 is 2.42 bits per heavy atom. The molecule has 1 saturated heterocycles. The van der Waals surface area contributed by atoms with Crippen molar-refractivity contribution in [1.82, 2.24) is 4.67 Å². The number of hydrogen-bond donors (Lipinski definition) is 0. The van der Waals surface area contributed by atoms with Gasteiger partial charge in [-0.1, -0.05) is 17.5 Å². The van der Waals surface area contributed by atoms with Gasteiger partial charge in [0.15, 0.2) is 0 Å². The fourth-order valence-electron chi connectivity index (χ4n) is 1.18. The maximum absolute atomic E-state index is 11.9. The molecule has 1 aliphatic heterocycles. The average molecular weight is 207 g/mol. The van der Waals surface area contributed by atoms with Gasteiger partial charge in [-0.15, -0.1) is 0 Å². The zero-order chi connectivity index (χ0) is 9.19. The lowest BCUT2D eigenvalue weighted by Gasteiger charge is -2.34. The van der Waals surface area contributed by atoms with Crippen LogP contribution in [0, 0.1) is 0 Å². The molecule has 5 heteroatoms. The number of hydrogen-bond acceptors (Lipinski definition) is 3. The van der Waals surface area contributed by atoms with Crippen molar-refractivity contribution < 1.29 is 9.09 Å². The molecule has 0 amide bonds. The fraction of sp³-hybridized carbons (Fsp3) is 0.714. The minimum atomic E-state index is -2.58. The van der Waals surface area contributed by atoms with Gasteiger partial charge in [0.25, 0.3) is 0 Å². The van der Waals surface area contributed by atoms with Gasteiger partial charge in [0, 0.05) is 19.2 Å². The van der Waals surface area contributed by atoms with E-state index in [0.29, 0.717) is 6.61 Å². The number of rotatable bonds is 1. The molecule has 0 aromatic rings. The quantitative estimate of drug-likeness (QED) is 0.618. The third-order valence-corrected chi connectivity index (χ3v) is 6.36. The van der Waals surface area contributed by atoms with Crippen molar-refractivity contribution in [2.24, 2.45) is 0 Å². The van der Waals surface area contributed by atoms with Crippen LogP contribution < -0.4 is 0 Å². The summed E-state index contributed by atoms with van der Waals surface area (Å²) in [5, 5.41) is 0. The fourth-order valence-corrected chi connectivity index (χ4v) is 4.14. The molecule has 0 spiro atoms. The average Bonchev–Trinajstić information content (AvgIpc) is 2.10. The van der Waals surface area contributed by atoms with E-state index < -0.39 is 6.72 Å². The monoisotopic (exact) mass is 207 g/mol. The van der Waals surface area contributed by atoms with Crippen molar-refractivity contribution in [3.63, 3.8) is 0 Å². The molecule has 0 saturated carbocycles. The maximum atomic E-state index is 11.9. The SMILES string of the molecule is C/C=C1/CCOP(=O)(SC)N1C. The van der Waals surface area contributed by atoms with Gasteiger partial charge in [0.05, 0.1) is 6.61 Å². The normalized spacial score (nSPS) is 34.2. The van der Waals surface area contributed by atoms with Crippen LogP contribution in [0.2, 0.25) is 0 Å². The van der Waals surface area contributed by atoms with Crippen LogP contribution in [0.3, 0.4) is 0 Å². The third-order valence-electron chi connectivity index (χ3n) is 1.96. The maximum Gasteiger partial charge on any atom is 0.352 e. The molecule has 0 N–H and O–H groups in total. The second kappa shape index (κ2) is 3.86. The predicted molar refractivity (Wildman–Crippen MR) is 53.2 cm³/mol. The van der Waals surface area contributed by atoms with Gasteiger partial charge in [-0.3, -0.25) is 4.57 Å². The summed E-state index contributed by atoms with van der Waals surface area (Å²) >= 11 is 1.29. The van der Waals surface area contributed by atoms with E-state index >= 15 is 0 Å². The molecule has 12 heavy (non-hydrogen) atoms. The highest BCUT2D eigenvalue weighted by atomic mass is 32.7. The molecule has 0 aromatic carbocycles. The van der Waals surface area contributed by atoms with Crippen molar-refractivity contribution in [2.75, 3.05) is 19.9 Å². The summed E-state index contributed by atoms with van der Waals surface area (Å²) in [6.07, 6.45) is 4.67. The molecular formula is C7H14NO2PS. The number of nitrogens with zero attached hydrogens (tertiary/aromatic N) is 1. The Hall–Kier alpha value is 0.0800. The highest BCUT2D eigenvalue weighted by Crippen LogP contribution is 2.64. The molecule has 70 valence electrons. The first-order chi connectivity index (χ1) is 5.64. The van der Waals surface area contributed by atoms with Gasteiger partial charge in [-0.25, -0.2) is 0 Å². The Morgan fingerprint density at radius 3 is 2.92 bits per heavy atom. The summed E-state index contributed by atoms with van der Waals surface area (Å²) in [6, 6.07) is 0. The van der Waals surface area contributed by atoms with Crippen molar-refractivity contribution >= 4 is 18.1 Å².